The largest absolute Gasteiger partial charge is 0.497 e. The SMILES string of the molecule is COc1ccc(N)c(Nc2cc(F)c(F)cc2F)c1. The molecule has 0 radical (unpaired) electrons. The van der Waals surface area contributed by atoms with E-state index in [-0.39, 0.29) is 5.69 Å². The minimum absolute atomic E-state index is 0.209. The molecule has 0 aliphatic rings. The van der Waals surface area contributed by atoms with Gasteiger partial charge in [-0.1, -0.05) is 0 Å². The summed E-state index contributed by atoms with van der Waals surface area (Å²) >= 11 is 0. The predicted octanol–water partition coefficient (Wildman–Crippen LogP) is 3.44. The van der Waals surface area contributed by atoms with Crippen molar-refractivity contribution in [1.82, 2.24) is 0 Å². The Kier molecular flexibility index (Phi) is 3.50. The Morgan fingerprint density at radius 1 is 0.947 bits per heavy atom. The van der Waals surface area contributed by atoms with Crippen molar-refractivity contribution in [3.8, 4) is 5.75 Å². The first-order valence-corrected chi connectivity index (χ1v) is 5.36. The van der Waals surface area contributed by atoms with Crippen molar-refractivity contribution in [2.45, 2.75) is 0 Å². The molecule has 2 aromatic rings. The molecule has 0 bridgehead atoms. The van der Waals surface area contributed by atoms with E-state index in [1.165, 1.54) is 13.2 Å². The van der Waals surface area contributed by atoms with E-state index in [9.17, 15) is 13.2 Å². The molecule has 2 aromatic carbocycles. The highest BCUT2D eigenvalue weighted by Gasteiger charge is 2.11. The summed E-state index contributed by atoms with van der Waals surface area (Å²) in [6.45, 7) is 0. The van der Waals surface area contributed by atoms with E-state index in [2.05, 4.69) is 5.32 Å². The number of hydrogen-bond donors (Lipinski definition) is 2. The lowest BCUT2D eigenvalue weighted by molar-refractivity contribution is 0.415. The summed E-state index contributed by atoms with van der Waals surface area (Å²) in [6, 6.07) is 5.90. The van der Waals surface area contributed by atoms with Crippen molar-refractivity contribution in [3.05, 3.63) is 47.8 Å². The van der Waals surface area contributed by atoms with Gasteiger partial charge in [0.05, 0.1) is 24.2 Å². The van der Waals surface area contributed by atoms with E-state index in [1.54, 1.807) is 12.1 Å². The average molecular weight is 268 g/mol. The molecule has 0 fully saturated rings. The number of nitrogen functional groups attached to an aromatic ring is 1. The Morgan fingerprint density at radius 3 is 2.32 bits per heavy atom. The number of nitrogens with one attached hydrogen (secondary N) is 1. The average Bonchev–Trinajstić information content (AvgIpc) is 2.38. The second-order valence-corrected chi connectivity index (χ2v) is 3.82. The lowest BCUT2D eigenvalue weighted by Gasteiger charge is -2.12. The maximum atomic E-state index is 13.5. The number of benzene rings is 2. The Morgan fingerprint density at radius 2 is 1.63 bits per heavy atom. The number of methoxy groups -OCH3 is 1. The molecule has 0 atom stereocenters. The molecule has 100 valence electrons. The van der Waals surface area contributed by atoms with Gasteiger partial charge in [-0.3, -0.25) is 0 Å². The van der Waals surface area contributed by atoms with Gasteiger partial charge in [-0.2, -0.15) is 0 Å². The fourth-order valence-electron chi connectivity index (χ4n) is 1.53. The van der Waals surface area contributed by atoms with Crippen LogP contribution in [0.15, 0.2) is 30.3 Å². The highest BCUT2D eigenvalue weighted by Crippen LogP contribution is 2.29. The van der Waals surface area contributed by atoms with E-state index in [0.717, 1.165) is 6.07 Å². The molecule has 2 rings (SSSR count). The monoisotopic (exact) mass is 268 g/mol. The molecule has 3 N–H and O–H groups in total. The van der Waals surface area contributed by atoms with Gasteiger partial charge in [-0.05, 0) is 12.1 Å². The van der Waals surface area contributed by atoms with Crippen molar-refractivity contribution in [2.24, 2.45) is 0 Å². The van der Waals surface area contributed by atoms with Crippen LogP contribution in [-0.2, 0) is 0 Å². The maximum absolute atomic E-state index is 13.5. The molecular weight excluding hydrogens is 257 g/mol. The number of hydrogen-bond acceptors (Lipinski definition) is 3. The fraction of sp³-hybridized carbons (Fsp3) is 0.0769. The number of rotatable bonds is 3. The van der Waals surface area contributed by atoms with Crippen LogP contribution < -0.4 is 15.8 Å². The third-order valence-electron chi connectivity index (χ3n) is 2.54. The van der Waals surface area contributed by atoms with Crippen LogP contribution in [0.4, 0.5) is 30.2 Å². The Bertz CT molecular complexity index is 617. The van der Waals surface area contributed by atoms with Crippen molar-refractivity contribution in [3.63, 3.8) is 0 Å². The van der Waals surface area contributed by atoms with Gasteiger partial charge in [0.2, 0.25) is 0 Å². The molecule has 19 heavy (non-hydrogen) atoms. The van der Waals surface area contributed by atoms with Crippen LogP contribution in [0.1, 0.15) is 0 Å². The molecule has 0 saturated heterocycles. The first-order valence-electron chi connectivity index (χ1n) is 5.36. The molecule has 0 unspecified atom stereocenters. The first-order chi connectivity index (χ1) is 9.01. The molecule has 6 heteroatoms. The van der Waals surface area contributed by atoms with Crippen molar-refractivity contribution >= 4 is 17.1 Å². The summed E-state index contributed by atoms with van der Waals surface area (Å²) < 4.78 is 44.4. The predicted molar refractivity (Wildman–Crippen MR) is 67.0 cm³/mol. The first kappa shape index (κ1) is 13.1. The molecule has 0 spiro atoms. The highest BCUT2D eigenvalue weighted by molar-refractivity contribution is 5.74. The van der Waals surface area contributed by atoms with Gasteiger partial charge in [0.1, 0.15) is 11.6 Å². The zero-order valence-electron chi connectivity index (χ0n) is 10.0. The van der Waals surface area contributed by atoms with Gasteiger partial charge >= 0.3 is 0 Å². The molecular formula is C13H11F3N2O. The maximum Gasteiger partial charge on any atom is 0.161 e. The van der Waals surface area contributed by atoms with E-state index in [1.807, 2.05) is 0 Å². The lowest BCUT2D eigenvalue weighted by Crippen LogP contribution is -2.00. The molecule has 0 aliphatic heterocycles. The second-order valence-electron chi connectivity index (χ2n) is 3.82. The summed E-state index contributed by atoms with van der Waals surface area (Å²) in [7, 11) is 1.47. The Labute approximate surface area is 107 Å². The van der Waals surface area contributed by atoms with Crippen LogP contribution in [-0.4, -0.2) is 7.11 Å². The lowest BCUT2D eigenvalue weighted by atomic mass is 10.2. The highest BCUT2D eigenvalue weighted by atomic mass is 19.2. The van der Waals surface area contributed by atoms with Gasteiger partial charge < -0.3 is 15.8 Å². The van der Waals surface area contributed by atoms with Gasteiger partial charge in [-0.15, -0.1) is 0 Å². The second kappa shape index (κ2) is 5.09. The normalized spacial score (nSPS) is 10.3. The van der Waals surface area contributed by atoms with E-state index in [4.69, 9.17) is 10.5 Å². The number of anilines is 3. The smallest absolute Gasteiger partial charge is 0.161 e. The number of nitrogens with two attached hydrogens (primary N) is 1. The molecule has 0 saturated carbocycles. The summed E-state index contributed by atoms with van der Waals surface area (Å²) in [4.78, 5) is 0. The summed E-state index contributed by atoms with van der Waals surface area (Å²) in [5, 5.41) is 2.60. The van der Waals surface area contributed by atoms with Gasteiger partial charge in [0.15, 0.2) is 11.6 Å². The van der Waals surface area contributed by atoms with E-state index >= 15 is 0 Å². The van der Waals surface area contributed by atoms with Gasteiger partial charge in [0.25, 0.3) is 0 Å². The topological polar surface area (TPSA) is 47.3 Å². The van der Waals surface area contributed by atoms with Crippen LogP contribution >= 0.6 is 0 Å². The zero-order valence-corrected chi connectivity index (χ0v) is 10.0. The van der Waals surface area contributed by atoms with Crippen molar-refractivity contribution in [1.29, 1.82) is 0 Å². The van der Waals surface area contributed by atoms with Gasteiger partial charge in [0, 0.05) is 18.2 Å². The molecule has 0 aromatic heterocycles. The van der Waals surface area contributed by atoms with Gasteiger partial charge in [-0.25, -0.2) is 13.2 Å². The summed E-state index contributed by atoms with van der Waals surface area (Å²) in [6.07, 6.45) is 0. The van der Waals surface area contributed by atoms with Crippen LogP contribution in [0, 0.1) is 17.5 Å². The Hall–Kier alpha value is -2.37. The zero-order chi connectivity index (χ0) is 14.0. The molecule has 0 amide bonds. The van der Waals surface area contributed by atoms with Crippen LogP contribution in [0.25, 0.3) is 0 Å². The van der Waals surface area contributed by atoms with Crippen molar-refractivity contribution < 1.29 is 17.9 Å². The van der Waals surface area contributed by atoms with E-state index in [0.29, 0.717) is 23.2 Å². The Balaban J connectivity index is 2.38. The quantitative estimate of drug-likeness (QED) is 0.662. The van der Waals surface area contributed by atoms with E-state index < -0.39 is 17.5 Å². The fourth-order valence-corrected chi connectivity index (χ4v) is 1.53. The molecule has 3 nitrogen and oxygen atoms in total. The minimum atomic E-state index is -1.25. The van der Waals surface area contributed by atoms with Crippen LogP contribution in [0.5, 0.6) is 5.75 Å². The minimum Gasteiger partial charge on any atom is -0.497 e. The summed E-state index contributed by atoms with van der Waals surface area (Å²) in [5.74, 6) is -2.81. The molecule has 0 heterocycles. The van der Waals surface area contributed by atoms with Crippen LogP contribution in [0.2, 0.25) is 0 Å². The molecule has 0 aliphatic carbocycles. The van der Waals surface area contributed by atoms with Crippen molar-refractivity contribution in [2.75, 3.05) is 18.2 Å². The third kappa shape index (κ3) is 2.73. The standard InChI is InChI=1S/C13H11F3N2O/c1-19-7-2-3-11(17)13(4-7)18-12-6-9(15)8(14)5-10(12)16/h2-6,18H,17H2,1H3. The number of halogens is 3. The summed E-state index contributed by atoms with van der Waals surface area (Å²) in [5.41, 5.74) is 6.15. The number of ether oxygens (including phenoxy) is 1. The third-order valence-corrected chi connectivity index (χ3v) is 2.54. The van der Waals surface area contributed by atoms with Crippen LogP contribution in [0.3, 0.4) is 0 Å².